The summed E-state index contributed by atoms with van der Waals surface area (Å²) in [6, 6.07) is 19.5. The number of allylic oxidation sites excluding steroid dienone is 1. The van der Waals surface area contributed by atoms with Crippen LogP contribution in [-0.4, -0.2) is 30.4 Å². The zero-order valence-electron chi connectivity index (χ0n) is 19.9. The third-order valence-electron chi connectivity index (χ3n) is 6.00. The Labute approximate surface area is 207 Å². The summed E-state index contributed by atoms with van der Waals surface area (Å²) < 4.78 is 30.1. The number of halogens is 1. The second-order valence-corrected chi connectivity index (χ2v) is 8.10. The highest BCUT2D eigenvalue weighted by Gasteiger charge is 2.36. The second-order valence-electron chi connectivity index (χ2n) is 8.10. The van der Waals surface area contributed by atoms with Crippen molar-refractivity contribution in [1.82, 2.24) is 15.5 Å². The van der Waals surface area contributed by atoms with Gasteiger partial charge in [0.15, 0.2) is 11.5 Å². The van der Waals surface area contributed by atoms with E-state index < -0.39 is 6.04 Å². The summed E-state index contributed by atoms with van der Waals surface area (Å²) in [6.07, 6.45) is 0. The molecule has 1 atom stereocenters. The molecular weight excluding hydrogens is 463 g/mol. The first kappa shape index (κ1) is 23.1. The summed E-state index contributed by atoms with van der Waals surface area (Å²) in [7, 11) is 3.11. The lowest BCUT2D eigenvalue weighted by atomic mass is 9.94. The Morgan fingerprint density at radius 3 is 2.39 bits per heavy atom. The number of ether oxygens (including phenoxy) is 2. The molecule has 1 N–H and O–H groups in total. The van der Waals surface area contributed by atoms with Crippen molar-refractivity contribution in [3.05, 3.63) is 95.8 Å². The fourth-order valence-electron chi connectivity index (χ4n) is 4.24. The average Bonchev–Trinajstić information content (AvgIpc) is 3.39. The van der Waals surface area contributed by atoms with Gasteiger partial charge in [0.2, 0.25) is 5.82 Å². The molecule has 1 aromatic heterocycles. The molecule has 0 spiro atoms. The van der Waals surface area contributed by atoms with Crippen LogP contribution in [0.15, 0.2) is 83.0 Å². The Bertz CT molecular complexity index is 1430. The molecule has 0 radical (unpaired) electrons. The molecule has 0 aliphatic carbocycles. The highest BCUT2D eigenvalue weighted by molar-refractivity contribution is 6.01. The van der Waals surface area contributed by atoms with E-state index in [1.807, 2.05) is 37.3 Å². The van der Waals surface area contributed by atoms with Gasteiger partial charge in [-0.05, 0) is 55.0 Å². The summed E-state index contributed by atoms with van der Waals surface area (Å²) in [6.45, 7) is 1.82. The second kappa shape index (κ2) is 9.53. The van der Waals surface area contributed by atoms with E-state index in [1.54, 1.807) is 49.5 Å². The molecule has 0 fully saturated rings. The van der Waals surface area contributed by atoms with E-state index >= 15 is 0 Å². The summed E-state index contributed by atoms with van der Waals surface area (Å²) in [4.78, 5) is 19.4. The quantitative estimate of drug-likeness (QED) is 0.382. The smallest absolute Gasteiger partial charge is 0.326 e. The Morgan fingerprint density at radius 2 is 1.69 bits per heavy atom. The maximum absolute atomic E-state index is 13.7. The normalized spacial score (nSPS) is 15.6. The minimum Gasteiger partial charge on any atom is -0.493 e. The number of carbonyl (C=O) groups is 1. The number of amides is 2. The lowest BCUT2D eigenvalue weighted by Gasteiger charge is -2.35. The number of hydrogen-bond donors (Lipinski definition) is 1. The molecule has 9 heteroatoms. The highest BCUT2D eigenvalue weighted by Crippen LogP contribution is 2.39. The maximum atomic E-state index is 13.7. The van der Waals surface area contributed by atoms with Gasteiger partial charge in [-0.1, -0.05) is 35.5 Å². The van der Waals surface area contributed by atoms with Crippen molar-refractivity contribution in [3.63, 3.8) is 0 Å². The van der Waals surface area contributed by atoms with Crippen LogP contribution in [0.4, 0.5) is 14.9 Å². The van der Waals surface area contributed by atoms with Gasteiger partial charge in [0.05, 0.1) is 31.5 Å². The molecule has 2 heterocycles. The van der Waals surface area contributed by atoms with Crippen molar-refractivity contribution < 1.29 is 23.2 Å². The predicted octanol–water partition coefficient (Wildman–Crippen LogP) is 5.60. The third-order valence-corrected chi connectivity index (χ3v) is 6.00. The Hall–Kier alpha value is -4.66. The van der Waals surface area contributed by atoms with Gasteiger partial charge in [-0.25, -0.2) is 9.18 Å². The first-order valence-corrected chi connectivity index (χ1v) is 11.2. The number of carbonyl (C=O) groups excluding carboxylic acids is 1. The SMILES string of the molecule is COc1ccc(-c2noc(C3=C(C)N(c4ccccc4)C(=O)NC3c3ccc(F)cc3)n2)cc1OC. The monoisotopic (exact) mass is 486 g/mol. The molecule has 182 valence electrons. The van der Waals surface area contributed by atoms with E-state index in [9.17, 15) is 9.18 Å². The maximum Gasteiger partial charge on any atom is 0.326 e. The third kappa shape index (κ3) is 4.15. The average molecular weight is 487 g/mol. The van der Waals surface area contributed by atoms with Gasteiger partial charge >= 0.3 is 6.03 Å². The van der Waals surface area contributed by atoms with E-state index in [2.05, 4.69) is 15.5 Å². The van der Waals surface area contributed by atoms with Crippen molar-refractivity contribution >= 4 is 17.3 Å². The minimum atomic E-state index is -0.628. The lowest BCUT2D eigenvalue weighted by molar-refractivity contribution is 0.244. The number of benzene rings is 3. The minimum absolute atomic E-state index is 0.229. The van der Waals surface area contributed by atoms with Crippen LogP contribution in [0.25, 0.3) is 17.0 Å². The van der Waals surface area contributed by atoms with Crippen molar-refractivity contribution in [2.75, 3.05) is 19.1 Å². The van der Waals surface area contributed by atoms with Crippen LogP contribution in [0.3, 0.4) is 0 Å². The summed E-state index contributed by atoms with van der Waals surface area (Å²) >= 11 is 0. The van der Waals surface area contributed by atoms with Gasteiger partial charge in [0.25, 0.3) is 5.89 Å². The van der Waals surface area contributed by atoms with Crippen molar-refractivity contribution in [2.45, 2.75) is 13.0 Å². The van der Waals surface area contributed by atoms with Gasteiger partial charge in [-0.3, -0.25) is 4.90 Å². The zero-order chi connectivity index (χ0) is 25.2. The van der Waals surface area contributed by atoms with E-state index in [0.29, 0.717) is 45.4 Å². The number of nitrogens with one attached hydrogen (secondary N) is 1. The zero-order valence-corrected chi connectivity index (χ0v) is 19.9. The Kier molecular flexibility index (Phi) is 6.12. The number of anilines is 1. The van der Waals surface area contributed by atoms with Gasteiger partial charge in [0, 0.05) is 11.3 Å². The molecule has 3 aromatic carbocycles. The predicted molar refractivity (Wildman–Crippen MR) is 132 cm³/mol. The summed E-state index contributed by atoms with van der Waals surface area (Å²) in [5, 5.41) is 7.18. The van der Waals surface area contributed by atoms with Gasteiger partial charge in [-0.2, -0.15) is 4.98 Å². The molecule has 0 saturated heterocycles. The molecule has 1 unspecified atom stereocenters. The molecular formula is C27H23FN4O4. The van der Waals surface area contributed by atoms with Crippen LogP contribution in [0, 0.1) is 5.82 Å². The molecule has 5 rings (SSSR count). The number of hydrogen-bond acceptors (Lipinski definition) is 6. The van der Waals surface area contributed by atoms with Crippen molar-refractivity contribution in [1.29, 1.82) is 0 Å². The van der Waals surface area contributed by atoms with Crippen LogP contribution < -0.4 is 19.7 Å². The van der Waals surface area contributed by atoms with Crippen LogP contribution in [0.2, 0.25) is 0 Å². The van der Waals surface area contributed by atoms with Crippen molar-refractivity contribution in [2.24, 2.45) is 0 Å². The lowest BCUT2D eigenvalue weighted by Crippen LogP contribution is -2.46. The fraction of sp³-hybridized carbons (Fsp3) is 0.148. The molecule has 36 heavy (non-hydrogen) atoms. The van der Waals surface area contributed by atoms with Gasteiger partial charge in [-0.15, -0.1) is 0 Å². The highest BCUT2D eigenvalue weighted by atomic mass is 19.1. The van der Waals surface area contributed by atoms with E-state index in [1.165, 1.54) is 12.1 Å². The van der Waals surface area contributed by atoms with Crippen LogP contribution in [0.1, 0.15) is 24.4 Å². The Balaban J connectivity index is 1.63. The van der Waals surface area contributed by atoms with Crippen LogP contribution in [0.5, 0.6) is 11.5 Å². The fourth-order valence-corrected chi connectivity index (χ4v) is 4.24. The largest absolute Gasteiger partial charge is 0.493 e. The number of nitrogens with zero attached hydrogens (tertiary/aromatic N) is 3. The molecule has 0 bridgehead atoms. The van der Waals surface area contributed by atoms with Crippen LogP contribution >= 0.6 is 0 Å². The first-order chi connectivity index (χ1) is 17.5. The molecule has 4 aromatic rings. The van der Waals surface area contributed by atoms with Gasteiger partial charge < -0.3 is 19.3 Å². The standard InChI is InChI=1S/C27H23FN4O4/c1-16-23(26-30-25(31-36-26)18-11-14-21(34-2)22(15-18)35-3)24(17-9-12-19(28)13-10-17)29-27(33)32(16)20-7-5-4-6-8-20/h4-15,24H,1-3H3,(H,29,33). The molecule has 0 saturated carbocycles. The van der Waals surface area contributed by atoms with E-state index in [0.717, 1.165) is 0 Å². The van der Waals surface area contributed by atoms with Gasteiger partial charge in [0.1, 0.15) is 5.82 Å². The summed E-state index contributed by atoms with van der Waals surface area (Å²) in [5.41, 5.74) is 3.24. The van der Waals surface area contributed by atoms with Crippen molar-refractivity contribution in [3.8, 4) is 22.9 Å². The molecule has 2 amide bonds. The topological polar surface area (TPSA) is 89.7 Å². The molecule has 8 nitrogen and oxygen atoms in total. The Morgan fingerprint density at radius 1 is 0.972 bits per heavy atom. The van der Waals surface area contributed by atoms with Crippen LogP contribution in [-0.2, 0) is 0 Å². The number of para-hydroxylation sites is 1. The van der Waals surface area contributed by atoms with E-state index in [4.69, 9.17) is 14.0 Å². The molecule has 1 aliphatic rings. The summed E-state index contributed by atoms with van der Waals surface area (Å²) in [5.74, 6) is 1.30. The first-order valence-electron chi connectivity index (χ1n) is 11.2. The number of methoxy groups -OCH3 is 2. The number of aromatic nitrogens is 2. The number of urea groups is 1. The van der Waals surface area contributed by atoms with E-state index in [-0.39, 0.29) is 17.7 Å². The number of rotatable bonds is 6. The molecule has 1 aliphatic heterocycles.